The molecule has 0 saturated heterocycles. The van der Waals surface area contributed by atoms with E-state index >= 15 is 0 Å². The molecule has 0 heterocycles. The van der Waals surface area contributed by atoms with Crippen LogP contribution in [0.15, 0.2) is 11.6 Å². The number of rotatable bonds is 2. The fourth-order valence-electron chi connectivity index (χ4n) is 10.4. The molecule has 4 fully saturated rings. The monoisotopic (exact) mass is 528 g/mol. The van der Waals surface area contributed by atoms with Gasteiger partial charge in [0.05, 0.1) is 0 Å². The van der Waals surface area contributed by atoms with Gasteiger partial charge in [0.15, 0.2) is 0 Å². The van der Waals surface area contributed by atoms with Crippen molar-refractivity contribution in [1.29, 1.82) is 0 Å². The highest BCUT2D eigenvalue weighted by Gasteiger charge is 2.63. The minimum atomic E-state index is 0.279. The summed E-state index contributed by atoms with van der Waals surface area (Å²) in [6.45, 7) is 24.2. The van der Waals surface area contributed by atoms with Crippen LogP contribution >= 0.6 is 0 Å². The summed E-state index contributed by atoms with van der Waals surface area (Å²) in [5.41, 5.74) is 3.45. The van der Waals surface area contributed by atoms with Gasteiger partial charge in [0.2, 0.25) is 0 Å². The van der Waals surface area contributed by atoms with E-state index in [0.29, 0.717) is 33.4 Å². The number of carbonyl (C=O) groups is 1. The second-order valence-corrected chi connectivity index (χ2v) is 15.8. The van der Waals surface area contributed by atoms with E-state index in [1.165, 1.54) is 57.8 Å². The first-order valence-electron chi connectivity index (χ1n) is 16.7. The van der Waals surface area contributed by atoms with Crippen LogP contribution in [0.1, 0.15) is 140 Å². The predicted molar refractivity (Wildman–Crippen MR) is 165 cm³/mol. The molecule has 0 aromatic carbocycles. The molecule has 5 aliphatic rings. The first-order valence-corrected chi connectivity index (χ1v) is 16.7. The van der Waals surface area contributed by atoms with E-state index in [0.717, 1.165) is 43.1 Å². The van der Waals surface area contributed by atoms with Gasteiger partial charge in [-0.1, -0.05) is 80.9 Å². The van der Waals surface area contributed by atoms with Crippen molar-refractivity contribution >= 4 is 5.78 Å². The fraction of sp³-hybridized carbons (Fsp3) is 0.917. The summed E-state index contributed by atoms with van der Waals surface area (Å²) in [5, 5.41) is 3.60. The van der Waals surface area contributed by atoms with Gasteiger partial charge >= 0.3 is 0 Å². The molecule has 8 atom stereocenters. The summed E-state index contributed by atoms with van der Waals surface area (Å²) in [6.07, 6.45) is 16.9. The highest BCUT2D eigenvalue weighted by molar-refractivity contribution is 5.81. The van der Waals surface area contributed by atoms with Crippen LogP contribution < -0.4 is 5.32 Å². The molecule has 0 aliphatic heterocycles. The third-order valence-electron chi connectivity index (χ3n) is 12.0. The summed E-state index contributed by atoms with van der Waals surface area (Å²) in [5.74, 6) is 4.73. The van der Waals surface area contributed by atoms with Gasteiger partial charge in [-0.3, -0.25) is 4.79 Å². The number of Topliss-reactive ketones (excluding diaryl/α,β-unsaturated/α-hetero) is 1. The molecule has 0 aromatic heterocycles. The van der Waals surface area contributed by atoms with Gasteiger partial charge < -0.3 is 5.32 Å². The predicted octanol–water partition coefficient (Wildman–Crippen LogP) is 9.88. The molecule has 5 rings (SSSR count). The van der Waals surface area contributed by atoms with Crippen LogP contribution in [0.25, 0.3) is 0 Å². The smallest absolute Gasteiger partial charge is 0.135 e. The molecule has 0 amide bonds. The molecular formula is C36H65NO. The molecule has 2 nitrogen and oxygen atoms in total. The van der Waals surface area contributed by atoms with Gasteiger partial charge in [-0.05, 0) is 117 Å². The summed E-state index contributed by atoms with van der Waals surface area (Å²) in [4.78, 5) is 12.8. The second kappa shape index (κ2) is 12.1. The van der Waals surface area contributed by atoms with Crippen LogP contribution in [0.4, 0.5) is 0 Å². The Hall–Kier alpha value is -0.630. The van der Waals surface area contributed by atoms with Crippen LogP contribution in [0, 0.1) is 57.2 Å². The molecular weight excluding hydrogens is 462 g/mol. The molecule has 0 spiro atoms. The normalized spacial score (nSPS) is 43.4. The Morgan fingerprint density at radius 3 is 2.11 bits per heavy atom. The number of allylic oxidation sites excluding steroid dienone is 1. The quantitative estimate of drug-likeness (QED) is 0.362. The van der Waals surface area contributed by atoms with Gasteiger partial charge in [0, 0.05) is 24.3 Å². The van der Waals surface area contributed by atoms with Crippen LogP contribution in [-0.2, 0) is 4.79 Å². The Kier molecular flexibility index (Phi) is 10.1. The molecule has 2 heteroatoms. The van der Waals surface area contributed by atoms with E-state index < -0.39 is 0 Å². The van der Waals surface area contributed by atoms with Crippen molar-refractivity contribution in [2.75, 3.05) is 13.6 Å². The van der Waals surface area contributed by atoms with Crippen LogP contribution in [0.5, 0.6) is 0 Å². The fourth-order valence-corrected chi connectivity index (χ4v) is 10.4. The van der Waals surface area contributed by atoms with Crippen LogP contribution in [0.2, 0.25) is 0 Å². The van der Waals surface area contributed by atoms with Crippen molar-refractivity contribution in [1.82, 2.24) is 5.32 Å². The molecule has 5 aliphatic carbocycles. The van der Waals surface area contributed by atoms with Crippen molar-refractivity contribution < 1.29 is 4.79 Å². The van der Waals surface area contributed by atoms with Gasteiger partial charge in [0.25, 0.3) is 0 Å². The Labute approximate surface area is 238 Å². The SMILES string of the molecule is CC.CC(C)C.CNCC12CCC3C(CCC4C5(C)CCCC(=O)C(C)C5CCC34C)C1=CC(C)(C)CC2. The third kappa shape index (κ3) is 5.73. The van der Waals surface area contributed by atoms with E-state index in [1.807, 2.05) is 19.4 Å². The summed E-state index contributed by atoms with van der Waals surface area (Å²) in [7, 11) is 2.16. The van der Waals surface area contributed by atoms with Gasteiger partial charge in [-0.25, -0.2) is 0 Å². The Bertz CT molecular complexity index is 838. The lowest BCUT2D eigenvalue weighted by atomic mass is 9.38. The number of ketones is 1. The summed E-state index contributed by atoms with van der Waals surface area (Å²) >= 11 is 0. The number of fused-ring (bicyclic) bond motifs is 7. The van der Waals surface area contributed by atoms with Gasteiger partial charge in [0.1, 0.15) is 5.78 Å². The van der Waals surface area contributed by atoms with E-state index in [9.17, 15) is 4.79 Å². The minimum absolute atomic E-state index is 0.279. The average molecular weight is 528 g/mol. The maximum atomic E-state index is 12.8. The lowest BCUT2D eigenvalue weighted by Gasteiger charge is -2.66. The molecule has 1 N–H and O–H groups in total. The van der Waals surface area contributed by atoms with Crippen molar-refractivity contribution in [3.05, 3.63) is 11.6 Å². The van der Waals surface area contributed by atoms with Crippen molar-refractivity contribution in [3.63, 3.8) is 0 Å². The highest BCUT2D eigenvalue weighted by Crippen LogP contribution is 2.70. The number of nitrogens with one attached hydrogen (secondary N) is 1. The van der Waals surface area contributed by atoms with Gasteiger partial charge in [-0.15, -0.1) is 0 Å². The number of carbonyl (C=O) groups excluding carboxylic acids is 1. The van der Waals surface area contributed by atoms with Gasteiger partial charge in [-0.2, -0.15) is 0 Å². The first-order chi connectivity index (χ1) is 17.8. The molecule has 4 saturated carbocycles. The number of hydrogen-bond donors (Lipinski definition) is 1. The summed E-state index contributed by atoms with van der Waals surface area (Å²) < 4.78 is 0. The highest BCUT2D eigenvalue weighted by atomic mass is 16.1. The first kappa shape index (κ1) is 31.9. The number of hydrogen-bond acceptors (Lipinski definition) is 2. The lowest BCUT2D eigenvalue weighted by Crippen LogP contribution is -2.59. The summed E-state index contributed by atoms with van der Waals surface area (Å²) in [6, 6.07) is 0. The molecule has 8 unspecified atom stereocenters. The third-order valence-corrected chi connectivity index (χ3v) is 12.0. The molecule has 0 bridgehead atoms. The maximum Gasteiger partial charge on any atom is 0.135 e. The maximum absolute atomic E-state index is 12.8. The van der Waals surface area contributed by atoms with Crippen LogP contribution in [-0.4, -0.2) is 19.4 Å². The van der Waals surface area contributed by atoms with E-state index in [1.54, 1.807) is 0 Å². The zero-order valence-corrected chi connectivity index (χ0v) is 27.4. The topological polar surface area (TPSA) is 29.1 Å². The second-order valence-electron chi connectivity index (χ2n) is 15.8. The molecule has 38 heavy (non-hydrogen) atoms. The Morgan fingerprint density at radius 2 is 1.47 bits per heavy atom. The van der Waals surface area contributed by atoms with Crippen LogP contribution in [0.3, 0.4) is 0 Å². The van der Waals surface area contributed by atoms with Crippen molar-refractivity contribution in [3.8, 4) is 0 Å². The van der Waals surface area contributed by atoms with E-state index in [2.05, 4.69) is 73.8 Å². The zero-order chi connectivity index (χ0) is 28.5. The molecule has 0 radical (unpaired) electrons. The van der Waals surface area contributed by atoms with Crippen molar-refractivity contribution in [2.24, 2.45) is 57.2 Å². The van der Waals surface area contributed by atoms with E-state index in [-0.39, 0.29) is 5.92 Å². The average Bonchev–Trinajstić information content (AvgIpc) is 2.95. The van der Waals surface area contributed by atoms with E-state index in [4.69, 9.17) is 0 Å². The largest absolute Gasteiger partial charge is 0.319 e. The molecule has 0 aromatic rings. The zero-order valence-electron chi connectivity index (χ0n) is 27.4. The lowest BCUT2D eigenvalue weighted by molar-refractivity contribution is -0.154. The molecule has 220 valence electrons. The standard InChI is InChI=1S/C30H49NO.C4H10.C2H6/c1-20-22-11-14-29(5)23-12-15-30(19-31-6)17-16-27(2,3)18-24(30)21(23)9-10-26(29)28(22,4)13-7-8-25(20)32;1-4(2)3;1-2/h18,20-23,26,31H,7-17,19H2,1-6H3;4H,1-3H3;1-2H3. The Morgan fingerprint density at radius 1 is 0.868 bits per heavy atom. The van der Waals surface area contributed by atoms with Crippen molar-refractivity contribution in [2.45, 2.75) is 140 Å². The Balaban J connectivity index is 0.000000612. The minimum Gasteiger partial charge on any atom is -0.319 e.